The lowest BCUT2D eigenvalue weighted by Gasteiger charge is -2.23. The molecule has 23 heavy (non-hydrogen) atoms. The highest BCUT2D eigenvalue weighted by Gasteiger charge is 2.34. The van der Waals surface area contributed by atoms with Gasteiger partial charge in [-0.2, -0.15) is 0 Å². The van der Waals surface area contributed by atoms with Crippen LogP contribution in [0.2, 0.25) is 0 Å². The minimum Gasteiger partial charge on any atom is -0.444 e. The molecule has 2 atom stereocenters. The van der Waals surface area contributed by atoms with Crippen molar-refractivity contribution in [3.05, 3.63) is 0 Å². The van der Waals surface area contributed by atoms with Crippen LogP contribution in [-0.2, 0) is 14.2 Å². The third-order valence-corrected chi connectivity index (χ3v) is 2.87. The van der Waals surface area contributed by atoms with E-state index in [0.717, 1.165) is 0 Å². The molecule has 1 rings (SSSR count). The molecule has 7 heteroatoms. The fourth-order valence-electron chi connectivity index (χ4n) is 1.92. The standard InChI is InChI=1S/C16H30N2O5/c1-15(2,3)22-13(19)17-9-7-8-11(12-10-21-12)18-14(20)23-16(4,5)6/h11-12H,7-10H2,1-6H3,(H,17,19)(H,18,20)/t11?,12-/m0/s1. The van der Waals surface area contributed by atoms with Crippen molar-refractivity contribution in [3.63, 3.8) is 0 Å². The highest BCUT2D eigenvalue weighted by molar-refractivity contribution is 5.68. The first-order chi connectivity index (χ1) is 10.5. The Morgan fingerprint density at radius 1 is 1.09 bits per heavy atom. The van der Waals surface area contributed by atoms with Crippen LogP contribution in [0.25, 0.3) is 0 Å². The number of hydrogen-bond donors (Lipinski definition) is 2. The molecule has 0 aromatic heterocycles. The van der Waals surface area contributed by atoms with E-state index in [1.54, 1.807) is 0 Å². The van der Waals surface area contributed by atoms with E-state index < -0.39 is 23.4 Å². The van der Waals surface area contributed by atoms with Gasteiger partial charge in [-0.15, -0.1) is 0 Å². The van der Waals surface area contributed by atoms with Crippen molar-refractivity contribution in [2.75, 3.05) is 13.2 Å². The van der Waals surface area contributed by atoms with Gasteiger partial charge in [-0.25, -0.2) is 9.59 Å². The average molecular weight is 330 g/mol. The minimum absolute atomic E-state index is 0.0315. The third-order valence-electron chi connectivity index (χ3n) is 2.87. The van der Waals surface area contributed by atoms with Gasteiger partial charge in [0, 0.05) is 6.54 Å². The van der Waals surface area contributed by atoms with E-state index in [4.69, 9.17) is 14.2 Å². The maximum Gasteiger partial charge on any atom is 0.407 e. The molecule has 0 radical (unpaired) electrons. The van der Waals surface area contributed by atoms with E-state index in [1.165, 1.54) is 0 Å². The Morgan fingerprint density at radius 2 is 1.61 bits per heavy atom. The smallest absolute Gasteiger partial charge is 0.407 e. The molecular formula is C16H30N2O5. The van der Waals surface area contributed by atoms with Gasteiger partial charge in [0.25, 0.3) is 0 Å². The fourth-order valence-corrected chi connectivity index (χ4v) is 1.92. The van der Waals surface area contributed by atoms with Crippen LogP contribution in [0.15, 0.2) is 0 Å². The van der Waals surface area contributed by atoms with Crippen LogP contribution in [0.3, 0.4) is 0 Å². The lowest BCUT2D eigenvalue weighted by atomic mass is 10.1. The molecule has 1 aliphatic heterocycles. The molecule has 2 amide bonds. The molecule has 2 N–H and O–H groups in total. The van der Waals surface area contributed by atoms with Crippen molar-refractivity contribution in [1.29, 1.82) is 0 Å². The summed E-state index contributed by atoms with van der Waals surface area (Å²) in [5.74, 6) is 0. The normalized spacial score (nSPS) is 18.8. The SMILES string of the molecule is CC(C)(C)OC(=O)NCCCC(NC(=O)OC(C)(C)C)[C@@H]1CO1. The molecule has 7 nitrogen and oxygen atoms in total. The summed E-state index contributed by atoms with van der Waals surface area (Å²) < 4.78 is 15.7. The van der Waals surface area contributed by atoms with Gasteiger partial charge in [0.2, 0.25) is 0 Å². The Balaban J connectivity index is 2.27. The van der Waals surface area contributed by atoms with Gasteiger partial charge in [-0.1, -0.05) is 0 Å². The molecular weight excluding hydrogens is 300 g/mol. The van der Waals surface area contributed by atoms with Crippen LogP contribution < -0.4 is 10.6 Å². The van der Waals surface area contributed by atoms with Crippen LogP contribution in [0, 0.1) is 0 Å². The van der Waals surface area contributed by atoms with E-state index in [-0.39, 0.29) is 12.1 Å². The van der Waals surface area contributed by atoms with Gasteiger partial charge in [0.05, 0.1) is 12.6 Å². The van der Waals surface area contributed by atoms with Crippen LogP contribution in [0.1, 0.15) is 54.4 Å². The second-order valence-corrected chi connectivity index (χ2v) is 7.70. The first kappa shape index (κ1) is 19.5. The topological polar surface area (TPSA) is 89.2 Å². The van der Waals surface area contributed by atoms with Crippen LogP contribution in [0.5, 0.6) is 0 Å². The van der Waals surface area contributed by atoms with Crippen LogP contribution in [0.4, 0.5) is 9.59 Å². The number of epoxide rings is 1. The number of rotatable bonds is 6. The Morgan fingerprint density at radius 3 is 2.09 bits per heavy atom. The Kier molecular flexibility index (Phi) is 6.68. The molecule has 1 unspecified atom stereocenters. The molecule has 1 heterocycles. The monoisotopic (exact) mass is 330 g/mol. The molecule has 0 aromatic carbocycles. The molecule has 0 spiro atoms. The van der Waals surface area contributed by atoms with E-state index in [9.17, 15) is 9.59 Å². The summed E-state index contributed by atoms with van der Waals surface area (Å²) in [6.07, 6.45) is 0.554. The van der Waals surface area contributed by atoms with Gasteiger partial charge in [-0.3, -0.25) is 0 Å². The lowest BCUT2D eigenvalue weighted by molar-refractivity contribution is 0.0480. The van der Waals surface area contributed by atoms with Gasteiger partial charge in [0.15, 0.2) is 0 Å². The maximum atomic E-state index is 11.8. The lowest BCUT2D eigenvalue weighted by Crippen LogP contribution is -2.42. The largest absolute Gasteiger partial charge is 0.444 e. The summed E-state index contributed by atoms with van der Waals surface area (Å²) in [6.45, 7) is 12.0. The number of carbonyl (C=O) groups excluding carboxylic acids is 2. The van der Waals surface area contributed by atoms with E-state index in [2.05, 4.69) is 10.6 Å². The number of alkyl carbamates (subject to hydrolysis) is 2. The summed E-state index contributed by atoms with van der Waals surface area (Å²) in [4.78, 5) is 23.4. The number of carbonyl (C=O) groups is 2. The van der Waals surface area contributed by atoms with Gasteiger partial charge >= 0.3 is 12.2 Å². The summed E-state index contributed by atoms with van der Waals surface area (Å²) in [7, 11) is 0. The van der Waals surface area contributed by atoms with Crippen molar-refractivity contribution in [2.45, 2.75) is 77.7 Å². The van der Waals surface area contributed by atoms with Gasteiger partial charge in [-0.05, 0) is 54.4 Å². The van der Waals surface area contributed by atoms with Crippen molar-refractivity contribution < 1.29 is 23.8 Å². The molecule has 1 fully saturated rings. The highest BCUT2D eigenvalue weighted by Crippen LogP contribution is 2.18. The van der Waals surface area contributed by atoms with Crippen LogP contribution >= 0.6 is 0 Å². The average Bonchev–Trinajstić information content (AvgIpc) is 3.12. The molecule has 1 saturated heterocycles. The molecule has 0 saturated carbocycles. The predicted octanol–water partition coefficient (Wildman–Crippen LogP) is 2.58. The molecule has 0 bridgehead atoms. The summed E-state index contributed by atoms with van der Waals surface area (Å²) in [6, 6.07) is -0.106. The van der Waals surface area contributed by atoms with Gasteiger partial charge < -0.3 is 24.8 Å². The number of nitrogens with one attached hydrogen (secondary N) is 2. The van der Waals surface area contributed by atoms with Gasteiger partial charge in [0.1, 0.15) is 17.3 Å². The van der Waals surface area contributed by atoms with Crippen LogP contribution in [-0.4, -0.2) is 48.7 Å². The third kappa shape index (κ3) is 9.99. The Bertz CT molecular complexity index is 408. The van der Waals surface area contributed by atoms with E-state index in [0.29, 0.717) is 26.0 Å². The number of ether oxygens (including phenoxy) is 3. The molecule has 0 aliphatic carbocycles. The number of amides is 2. The quantitative estimate of drug-likeness (QED) is 0.577. The van der Waals surface area contributed by atoms with Crippen molar-refractivity contribution in [3.8, 4) is 0 Å². The summed E-state index contributed by atoms with van der Waals surface area (Å²) in [5.41, 5.74) is -1.04. The minimum atomic E-state index is -0.530. The number of hydrogen-bond acceptors (Lipinski definition) is 5. The van der Waals surface area contributed by atoms with Crippen molar-refractivity contribution in [2.24, 2.45) is 0 Å². The zero-order valence-corrected chi connectivity index (χ0v) is 15.0. The zero-order chi connectivity index (χ0) is 17.7. The molecule has 134 valence electrons. The van der Waals surface area contributed by atoms with Crippen molar-refractivity contribution in [1.82, 2.24) is 10.6 Å². The Hall–Kier alpha value is -1.50. The second kappa shape index (κ2) is 7.86. The molecule has 0 aromatic rings. The van der Waals surface area contributed by atoms with E-state index >= 15 is 0 Å². The zero-order valence-electron chi connectivity index (χ0n) is 15.0. The summed E-state index contributed by atoms with van der Waals surface area (Å²) >= 11 is 0. The fraction of sp³-hybridized carbons (Fsp3) is 0.875. The van der Waals surface area contributed by atoms with E-state index in [1.807, 2.05) is 41.5 Å². The first-order valence-electron chi connectivity index (χ1n) is 8.04. The predicted molar refractivity (Wildman–Crippen MR) is 86.4 cm³/mol. The summed E-state index contributed by atoms with van der Waals surface area (Å²) in [5, 5.41) is 5.53. The molecule has 1 aliphatic rings. The highest BCUT2D eigenvalue weighted by atomic mass is 16.6. The first-order valence-corrected chi connectivity index (χ1v) is 8.04. The maximum absolute atomic E-state index is 11.8. The second-order valence-electron chi connectivity index (χ2n) is 7.70. The van der Waals surface area contributed by atoms with Crippen molar-refractivity contribution >= 4 is 12.2 Å². The Labute approximate surface area is 138 Å².